The molecule has 0 aliphatic carbocycles. The van der Waals surface area contributed by atoms with Crippen LogP contribution in [0.5, 0.6) is 0 Å². The number of halogens is 1. The van der Waals surface area contributed by atoms with Gasteiger partial charge in [-0.15, -0.1) is 0 Å². The molecule has 1 rings (SSSR count). The van der Waals surface area contributed by atoms with Gasteiger partial charge >= 0.3 is 6.09 Å². The van der Waals surface area contributed by atoms with Gasteiger partial charge in [0.2, 0.25) is 0 Å². The molecule has 1 amide bonds. The van der Waals surface area contributed by atoms with E-state index in [1.807, 2.05) is 45.0 Å². The number of thioether (sulfide) groups is 1. The topological polar surface area (TPSA) is 46.6 Å². The molecular weight excluding hydrogens is 346 g/mol. The van der Waals surface area contributed by atoms with Gasteiger partial charge in [-0.1, -0.05) is 23.7 Å². The lowest BCUT2D eigenvalue weighted by molar-refractivity contribution is -0.107. The summed E-state index contributed by atoms with van der Waals surface area (Å²) in [6.45, 7) is 6.89. The van der Waals surface area contributed by atoms with Gasteiger partial charge in [0.05, 0.1) is 6.61 Å². The van der Waals surface area contributed by atoms with E-state index in [0.29, 0.717) is 31.0 Å². The van der Waals surface area contributed by atoms with E-state index in [-0.39, 0.29) is 11.6 Å². The Morgan fingerprint density at radius 3 is 2.71 bits per heavy atom. The van der Waals surface area contributed by atoms with Crippen molar-refractivity contribution in [1.29, 1.82) is 0 Å². The Morgan fingerprint density at radius 2 is 2.08 bits per heavy atom. The standard InChI is InChI=1S/C18H26ClNO3S/c1-18(2,3)20(9-13-24-12-5-10-21)17(22)23-11-8-15-6-4-7-16(19)14-15/h4,6-7,10,14H,5,8-9,11-13H2,1-3H3. The van der Waals surface area contributed by atoms with Crippen LogP contribution in [0, 0.1) is 0 Å². The molecule has 0 N–H and O–H groups in total. The molecule has 4 nitrogen and oxygen atoms in total. The Balaban J connectivity index is 2.44. The molecule has 0 saturated heterocycles. The molecule has 24 heavy (non-hydrogen) atoms. The summed E-state index contributed by atoms with van der Waals surface area (Å²) in [5.41, 5.74) is 0.736. The second kappa shape index (κ2) is 10.6. The highest BCUT2D eigenvalue weighted by Gasteiger charge is 2.27. The van der Waals surface area contributed by atoms with Gasteiger partial charge in [-0.3, -0.25) is 0 Å². The van der Waals surface area contributed by atoms with E-state index in [2.05, 4.69) is 0 Å². The molecule has 0 bridgehead atoms. The number of benzene rings is 1. The van der Waals surface area contributed by atoms with Gasteiger partial charge in [0.25, 0.3) is 0 Å². The van der Waals surface area contributed by atoms with Crippen molar-refractivity contribution in [1.82, 2.24) is 4.90 Å². The van der Waals surface area contributed by atoms with Crippen molar-refractivity contribution >= 4 is 35.7 Å². The first-order valence-electron chi connectivity index (χ1n) is 8.05. The zero-order valence-electron chi connectivity index (χ0n) is 14.6. The van der Waals surface area contributed by atoms with Crippen molar-refractivity contribution in [3.05, 3.63) is 34.9 Å². The highest BCUT2D eigenvalue weighted by Crippen LogP contribution is 2.17. The predicted octanol–water partition coefficient (Wildman–Crippen LogP) is 4.44. The van der Waals surface area contributed by atoms with Crippen LogP contribution < -0.4 is 0 Å². The van der Waals surface area contributed by atoms with E-state index in [9.17, 15) is 9.59 Å². The van der Waals surface area contributed by atoms with Crippen molar-refractivity contribution in [2.75, 3.05) is 24.7 Å². The maximum atomic E-state index is 12.4. The van der Waals surface area contributed by atoms with Crippen LogP contribution in [0.2, 0.25) is 5.02 Å². The molecule has 1 aromatic rings. The molecule has 0 atom stereocenters. The number of rotatable bonds is 9. The summed E-state index contributed by atoms with van der Waals surface area (Å²) in [4.78, 5) is 24.4. The summed E-state index contributed by atoms with van der Waals surface area (Å²) < 4.78 is 5.43. The monoisotopic (exact) mass is 371 g/mol. The lowest BCUT2D eigenvalue weighted by Crippen LogP contribution is -2.47. The molecular formula is C18H26ClNO3S. The third kappa shape index (κ3) is 8.06. The summed E-state index contributed by atoms with van der Waals surface area (Å²) >= 11 is 7.62. The zero-order valence-corrected chi connectivity index (χ0v) is 16.2. The first kappa shape index (κ1) is 20.8. The van der Waals surface area contributed by atoms with E-state index in [4.69, 9.17) is 16.3 Å². The van der Waals surface area contributed by atoms with E-state index in [1.165, 1.54) is 0 Å². The van der Waals surface area contributed by atoms with Crippen LogP contribution in [-0.4, -0.2) is 47.5 Å². The summed E-state index contributed by atoms with van der Waals surface area (Å²) in [6, 6.07) is 7.55. The number of aldehydes is 1. The molecule has 0 heterocycles. The summed E-state index contributed by atoms with van der Waals surface area (Å²) in [7, 11) is 0. The Hall–Kier alpha value is -1.20. The fourth-order valence-corrected chi connectivity index (χ4v) is 3.11. The zero-order chi connectivity index (χ0) is 18.0. The van der Waals surface area contributed by atoms with Crippen molar-refractivity contribution in [3.8, 4) is 0 Å². The average Bonchev–Trinajstić information content (AvgIpc) is 2.49. The lowest BCUT2D eigenvalue weighted by Gasteiger charge is -2.34. The number of amides is 1. The van der Waals surface area contributed by atoms with Crippen molar-refractivity contribution in [2.45, 2.75) is 39.2 Å². The van der Waals surface area contributed by atoms with Crippen LogP contribution in [0.25, 0.3) is 0 Å². The summed E-state index contributed by atoms with van der Waals surface area (Å²) in [5.74, 6) is 1.57. The minimum atomic E-state index is -0.307. The largest absolute Gasteiger partial charge is 0.449 e. The quantitative estimate of drug-likeness (QED) is 0.475. The van der Waals surface area contributed by atoms with Crippen LogP contribution in [0.15, 0.2) is 24.3 Å². The maximum absolute atomic E-state index is 12.4. The van der Waals surface area contributed by atoms with Gasteiger partial charge in [-0.25, -0.2) is 4.79 Å². The minimum Gasteiger partial charge on any atom is -0.449 e. The molecule has 0 fully saturated rings. The Kier molecular flexibility index (Phi) is 9.22. The Bertz CT molecular complexity index is 531. The van der Waals surface area contributed by atoms with Crippen LogP contribution in [0.4, 0.5) is 4.79 Å². The first-order chi connectivity index (χ1) is 11.3. The van der Waals surface area contributed by atoms with Gasteiger partial charge in [-0.05, 0) is 44.2 Å². The number of nitrogens with zero attached hydrogens (tertiary/aromatic N) is 1. The molecule has 0 spiro atoms. The summed E-state index contributed by atoms with van der Waals surface area (Å²) in [6.07, 6.45) is 1.79. The van der Waals surface area contributed by atoms with Crippen molar-refractivity contribution < 1.29 is 14.3 Å². The minimum absolute atomic E-state index is 0.305. The van der Waals surface area contributed by atoms with Gasteiger partial charge in [0.15, 0.2) is 0 Å². The molecule has 0 radical (unpaired) electrons. The van der Waals surface area contributed by atoms with Crippen LogP contribution >= 0.6 is 23.4 Å². The van der Waals surface area contributed by atoms with Crippen molar-refractivity contribution in [2.24, 2.45) is 0 Å². The first-order valence-corrected chi connectivity index (χ1v) is 9.58. The molecule has 6 heteroatoms. The fraction of sp³-hybridized carbons (Fsp3) is 0.556. The van der Waals surface area contributed by atoms with Gasteiger partial charge in [0.1, 0.15) is 6.29 Å². The van der Waals surface area contributed by atoms with E-state index in [1.54, 1.807) is 16.7 Å². The number of hydrogen-bond acceptors (Lipinski definition) is 4. The third-order valence-corrected chi connectivity index (χ3v) is 4.61. The fourth-order valence-electron chi connectivity index (χ4n) is 2.12. The summed E-state index contributed by atoms with van der Waals surface area (Å²) in [5, 5.41) is 0.683. The third-order valence-electron chi connectivity index (χ3n) is 3.37. The SMILES string of the molecule is CC(C)(C)N(CCSCCC=O)C(=O)OCCc1cccc(Cl)c1. The van der Waals surface area contributed by atoms with Gasteiger partial charge in [0, 0.05) is 35.7 Å². The molecule has 134 valence electrons. The van der Waals surface area contributed by atoms with E-state index < -0.39 is 0 Å². The average molecular weight is 372 g/mol. The van der Waals surface area contributed by atoms with Gasteiger partial charge < -0.3 is 14.4 Å². The lowest BCUT2D eigenvalue weighted by atomic mass is 10.1. The van der Waals surface area contributed by atoms with Crippen LogP contribution in [0.3, 0.4) is 0 Å². The molecule has 0 aromatic heterocycles. The second-order valence-electron chi connectivity index (χ2n) is 6.38. The normalized spacial score (nSPS) is 11.2. The predicted molar refractivity (Wildman–Crippen MR) is 101 cm³/mol. The highest BCUT2D eigenvalue weighted by atomic mass is 35.5. The smallest absolute Gasteiger partial charge is 0.410 e. The highest BCUT2D eigenvalue weighted by molar-refractivity contribution is 7.99. The van der Waals surface area contributed by atoms with Gasteiger partial charge in [-0.2, -0.15) is 11.8 Å². The number of hydrogen-bond donors (Lipinski definition) is 0. The van der Waals surface area contributed by atoms with E-state index in [0.717, 1.165) is 23.4 Å². The molecule has 1 aromatic carbocycles. The van der Waals surface area contributed by atoms with Crippen LogP contribution in [0.1, 0.15) is 32.8 Å². The molecule has 0 aliphatic rings. The maximum Gasteiger partial charge on any atom is 0.410 e. The Labute approximate surface area is 153 Å². The molecule has 0 aliphatic heterocycles. The number of carbonyl (C=O) groups excluding carboxylic acids is 2. The number of carbonyl (C=O) groups is 2. The van der Waals surface area contributed by atoms with E-state index >= 15 is 0 Å². The molecule has 0 unspecified atom stereocenters. The van der Waals surface area contributed by atoms with Crippen LogP contribution in [-0.2, 0) is 16.0 Å². The second-order valence-corrected chi connectivity index (χ2v) is 8.05. The molecule has 0 saturated carbocycles. The Morgan fingerprint density at radius 1 is 1.33 bits per heavy atom. The van der Waals surface area contributed by atoms with Crippen molar-refractivity contribution in [3.63, 3.8) is 0 Å². The number of ether oxygens (including phenoxy) is 1.